The van der Waals surface area contributed by atoms with Gasteiger partial charge in [0.1, 0.15) is 11.6 Å². The number of rotatable bonds is 5. The van der Waals surface area contributed by atoms with E-state index in [1.54, 1.807) is 10.7 Å². The number of piperidine rings is 1. The van der Waals surface area contributed by atoms with Gasteiger partial charge in [0.25, 0.3) is 0 Å². The molecule has 3 heterocycles. The fraction of sp³-hybridized carbons (Fsp3) is 0.217. The molecule has 2 aromatic heterocycles. The number of benzene rings is 2. The summed E-state index contributed by atoms with van der Waals surface area (Å²) in [5.41, 5.74) is 2.13. The van der Waals surface area contributed by atoms with Crippen molar-refractivity contribution in [1.82, 2.24) is 18.9 Å². The van der Waals surface area contributed by atoms with Gasteiger partial charge in [-0.2, -0.15) is 13.9 Å². The van der Waals surface area contributed by atoms with Gasteiger partial charge in [-0.15, -0.1) is 0 Å². The van der Waals surface area contributed by atoms with E-state index < -0.39 is 15.8 Å². The lowest BCUT2D eigenvalue weighted by atomic mass is 10.1. The van der Waals surface area contributed by atoms with E-state index in [9.17, 15) is 12.8 Å². The van der Waals surface area contributed by atoms with Crippen LogP contribution in [-0.4, -0.2) is 46.5 Å². The summed E-state index contributed by atoms with van der Waals surface area (Å²) >= 11 is 15.7. The minimum atomic E-state index is -3.77. The molecule has 0 bridgehead atoms. The summed E-state index contributed by atoms with van der Waals surface area (Å²) in [6, 6.07) is 12.8. The summed E-state index contributed by atoms with van der Waals surface area (Å²) in [6.07, 6.45) is 2.82. The van der Waals surface area contributed by atoms with Crippen LogP contribution in [-0.2, 0) is 10.0 Å². The number of nitrogens with one attached hydrogen (secondary N) is 1. The van der Waals surface area contributed by atoms with E-state index in [1.165, 1.54) is 10.4 Å². The Balaban J connectivity index is 1.37. The van der Waals surface area contributed by atoms with Crippen molar-refractivity contribution in [2.24, 2.45) is 0 Å². The fourth-order valence-electron chi connectivity index (χ4n) is 4.08. The van der Waals surface area contributed by atoms with Crippen LogP contribution in [0.3, 0.4) is 0 Å². The first-order chi connectivity index (χ1) is 16.7. The minimum Gasteiger partial charge on any atom is -0.367 e. The first-order valence-corrected chi connectivity index (χ1v) is 13.7. The molecule has 12 heteroatoms. The number of fused-ring (bicyclic) bond motifs is 1. The second-order valence-electron chi connectivity index (χ2n) is 8.13. The standard InChI is InChI=1S/C23H19BrCl2FN5O2S/c24-17-13-28-32-22(12-21(30-23(17)32)16-3-1-2-4-18(16)25)29-14-7-9-31(10-8-14)35(33,34)15-5-6-20(27)19(26)11-15/h1-6,11-14,29H,7-10H2. The lowest BCUT2D eigenvalue weighted by molar-refractivity contribution is 0.329. The molecule has 0 radical (unpaired) electrons. The molecule has 35 heavy (non-hydrogen) atoms. The highest BCUT2D eigenvalue weighted by atomic mass is 79.9. The molecule has 1 aliphatic heterocycles. The van der Waals surface area contributed by atoms with E-state index in [0.717, 1.165) is 28.0 Å². The molecule has 0 unspecified atom stereocenters. The Kier molecular flexibility index (Phi) is 6.75. The van der Waals surface area contributed by atoms with Crippen LogP contribution in [0.1, 0.15) is 12.8 Å². The van der Waals surface area contributed by atoms with Crippen LogP contribution < -0.4 is 5.32 Å². The quantitative estimate of drug-likeness (QED) is 0.311. The summed E-state index contributed by atoms with van der Waals surface area (Å²) in [5, 5.41) is 8.28. The van der Waals surface area contributed by atoms with Crippen molar-refractivity contribution in [2.45, 2.75) is 23.8 Å². The van der Waals surface area contributed by atoms with E-state index in [1.807, 2.05) is 30.3 Å². The Labute approximate surface area is 220 Å². The third kappa shape index (κ3) is 4.77. The molecular formula is C23H19BrCl2FN5O2S. The zero-order valence-electron chi connectivity index (χ0n) is 18.1. The van der Waals surface area contributed by atoms with Crippen LogP contribution in [0, 0.1) is 5.82 Å². The van der Waals surface area contributed by atoms with Gasteiger partial charge in [-0.1, -0.05) is 41.4 Å². The summed E-state index contributed by atoms with van der Waals surface area (Å²) in [7, 11) is -3.77. The average molecular weight is 599 g/mol. The van der Waals surface area contributed by atoms with Crippen LogP contribution in [0.4, 0.5) is 10.2 Å². The molecule has 0 saturated carbocycles. The summed E-state index contributed by atoms with van der Waals surface area (Å²) in [4.78, 5) is 4.70. The van der Waals surface area contributed by atoms with Gasteiger partial charge in [0, 0.05) is 35.8 Å². The van der Waals surface area contributed by atoms with Crippen molar-refractivity contribution in [3.8, 4) is 11.3 Å². The maximum atomic E-state index is 13.5. The third-order valence-corrected chi connectivity index (χ3v) is 8.99. The molecule has 4 aromatic rings. The molecule has 1 saturated heterocycles. The predicted molar refractivity (Wildman–Crippen MR) is 138 cm³/mol. The maximum Gasteiger partial charge on any atom is 0.243 e. The Hall–Kier alpha value is -2.24. The Morgan fingerprint density at radius 2 is 1.80 bits per heavy atom. The average Bonchev–Trinajstić information content (AvgIpc) is 3.22. The zero-order chi connectivity index (χ0) is 24.7. The fourth-order valence-corrected chi connectivity index (χ4v) is 6.40. The maximum absolute atomic E-state index is 13.5. The number of anilines is 1. The van der Waals surface area contributed by atoms with Crippen LogP contribution in [0.25, 0.3) is 16.9 Å². The molecule has 0 amide bonds. The van der Waals surface area contributed by atoms with Crippen molar-refractivity contribution in [2.75, 3.05) is 18.4 Å². The summed E-state index contributed by atoms with van der Waals surface area (Å²) < 4.78 is 43.4. The van der Waals surface area contributed by atoms with Gasteiger partial charge >= 0.3 is 0 Å². The van der Waals surface area contributed by atoms with Gasteiger partial charge in [-0.3, -0.25) is 0 Å². The van der Waals surface area contributed by atoms with E-state index >= 15 is 0 Å². The summed E-state index contributed by atoms with van der Waals surface area (Å²) in [6.45, 7) is 0.618. The molecule has 1 fully saturated rings. The van der Waals surface area contributed by atoms with Crippen molar-refractivity contribution in [3.63, 3.8) is 0 Å². The van der Waals surface area contributed by atoms with Gasteiger partial charge in [-0.05, 0) is 53.0 Å². The number of nitrogens with zero attached hydrogens (tertiary/aromatic N) is 4. The molecule has 5 rings (SSSR count). The van der Waals surface area contributed by atoms with Crippen LogP contribution >= 0.6 is 39.1 Å². The largest absolute Gasteiger partial charge is 0.367 e. The molecule has 1 N–H and O–H groups in total. The lowest BCUT2D eigenvalue weighted by Gasteiger charge is -2.32. The molecule has 2 aromatic carbocycles. The second kappa shape index (κ2) is 9.67. The highest BCUT2D eigenvalue weighted by molar-refractivity contribution is 9.10. The van der Waals surface area contributed by atoms with E-state index in [-0.39, 0.29) is 16.0 Å². The van der Waals surface area contributed by atoms with Crippen molar-refractivity contribution < 1.29 is 12.8 Å². The van der Waals surface area contributed by atoms with Crippen LogP contribution in [0.15, 0.2) is 64.1 Å². The van der Waals surface area contributed by atoms with E-state index in [2.05, 4.69) is 26.3 Å². The Morgan fingerprint density at radius 1 is 1.06 bits per heavy atom. The normalized spacial score (nSPS) is 15.5. The van der Waals surface area contributed by atoms with Crippen molar-refractivity contribution in [1.29, 1.82) is 0 Å². The van der Waals surface area contributed by atoms with Crippen LogP contribution in [0.5, 0.6) is 0 Å². The van der Waals surface area contributed by atoms with Gasteiger partial charge in [0.2, 0.25) is 10.0 Å². The number of hydrogen-bond acceptors (Lipinski definition) is 5. The number of sulfonamides is 1. The second-order valence-corrected chi connectivity index (χ2v) is 11.7. The monoisotopic (exact) mass is 597 g/mol. The number of aromatic nitrogens is 3. The zero-order valence-corrected chi connectivity index (χ0v) is 22.0. The van der Waals surface area contributed by atoms with Crippen LogP contribution in [0.2, 0.25) is 10.0 Å². The van der Waals surface area contributed by atoms with Gasteiger partial charge < -0.3 is 5.32 Å². The van der Waals surface area contributed by atoms with Gasteiger partial charge in [-0.25, -0.2) is 17.8 Å². The first-order valence-electron chi connectivity index (χ1n) is 10.7. The Morgan fingerprint density at radius 3 is 2.51 bits per heavy atom. The number of halogens is 4. The molecule has 0 atom stereocenters. The smallest absolute Gasteiger partial charge is 0.243 e. The predicted octanol–water partition coefficient (Wildman–Crippen LogP) is 5.87. The highest BCUT2D eigenvalue weighted by Crippen LogP contribution is 2.31. The van der Waals surface area contributed by atoms with E-state index in [0.29, 0.717) is 42.3 Å². The lowest BCUT2D eigenvalue weighted by Crippen LogP contribution is -2.42. The highest BCUT2D eigenvalue weighted by Gasteiger charge is 2.30. The van der Waals surface area contributed by atoms with E-state index in [4.69, 9.17) is 28.2 Å². The van der Waals surface area contributed by atoms with Gasteiger partial charge in [0.15, 0.2) is 5.65 Å². The molecular weight excluding hydrogens is 580 g/mol. The van der Waals surface area contributed by atoms with Gasteiger partial charge in [0.05, 0.1) is 26.3 Å². The summed E-state index contributed by atoms with van der Waals surface area (Å²) in [5.74, 6) is 0.0702. The van der Waals surface area contributed by atoms with Crippen molar-refractivity contribution in [3.05, 3.63) is 75.1 Å². The number of hydrogen-bond donors (Lipinski definition) is 1. The minimum absolute atomic E-state index is 0.00549. The topological polar surface area (TPSA) is 79.6 Å². The molecule has 7 nitrogen and oxygen atoms in total. The third-order valence-electron chi connectivity index (χ3n) is 5.91. The Bertz CT molecular complexity index is 1520. The molecule has 182 valence electrons. The van der Waals surface area contributed by atoms with Crippen molar-refractivity contribution >= 4 is 60.6 Å². The SMILES string of the molecule is O=S(=O)(c1ccc(F)c(Cl)c1)N1CCC(Nc2cc(-c3ccccc3Cl)nc3c(Br)cnn23)CC1. The first kappa shape index (κ1) is 24.5. The molecule has 0 aliphatic carbocycles. The molecule has 1 aliphatic rings. The molecule has 0 spiro atoms.